The minimum Gasteiger partial charge on any atom is -0.317 e. The molecule has 1 nitrogen and oxygen atoms in total. The Kier molecular flexibility index (Phi) is 6.20. The summed E-state index contributed by atoms with van der Waals surface area (Å²) in [6, 6.07) is 6.59. The van der Waals surface area contributed by atoms with Crippen LogP contribution in [0.2, 0.25) is 10.0 Å². The predicted molar refractivity (Wildman–Crippen MR) is 88.8 cm³/mol. The fourth-order valence-corrected chi connectivity index (χ4v) is 4.02. The average molecular weight is 314 g/mol. The van der Waals surface area contributed by atoms with Crippen molar-refractivity contribution in [1.82, 2.24) is 5.32 Å². The molecule has 0 radical (unpaired) electrons. The van der Waals surface area contributed by atoms with Crippen LogP contribution in [0, 0.1) is 11.8 Å². The summed E-state index contributed by atoms with van der Waals surface area (Å²) in [5, 5.41) is 4.90. The number of benzene rings is 1. The molecule has 1 saturated carbocycles. The van der Waals surface area contributed by atoms with Crippen LogP contribution < -0.4 is 5.32 Å². The second-order valence-electron chi connectivity index (χ2n) is 6.04. The molecule has 0 aromatic heterocycles. The molecule has 0 saturated heterocycles. The van der Waals surface area contributed by atoms with Crippen LogP contribution in [0.1, 0.15) is 44.6 Å². The van der Waals surface area contributed by atoms with E-state index in [0.717, 1.165) is 17.4 Å². The summed E-state index contributed by atoms with van der Waals surface area (Å²) >= 11 is 12.5. The van der Waals surface area contributed by atoms with E-state index in [1.54, 1.807) is 0 Å². The molecule has 3 atom stereocenters. The molecule has 1 aliphatic rings. The molecule has 3 heteroatoms. The van der Waals surface area contributed by atoms with E-state index in [0.29, 0.717) is 17.0 Å². The Morgan fingerprint density at radius 1 is 1.25 bits per heavy atom. The van der Waals surface area contributed by atoms with Gasteiger partial charge >= 0.3 is 0 Å². The van der Waals surface area contributed by atoms with Crippen LogP contribution in [0.3, 0.4) is 0 Å². The van der Waals surface area contributed by atoms with Gasteiger partial charge in [0.1, 0.15) is 0 Å². The summed E-state index contributed by atoms with van der Waals surface area (Å²) in [6.45, 7) is 2.28. The SMILES string of the molecule is CCCC1CCC(NC)C(Cc2cccc(Cl)c2Cl)C1. The van der Waals surface area contributed by atoms with Gasteiger partial charge in [-0.2, -0.15) is 0 Å². The van der Waals surface area contributed by atoms with Crippen molar-refractivity contribution in [3.05, 3.63) is 33.8 Å². The Labute approximate surface area is 133 Å². The van der Waals surface area contributed by atoms with E-state index < -0.39 is 0 Å². The maximum absolute atomic E-state index is 6.35. The summed E-state index contributed by atoms with van der Waals surface area (Å²) in [7, 11) is 2.08. The van der Waals surface area contributed by atoms with Crippen LogP contribution in [-0.2, 0) is 6.42 Å². The van der Waals surface area contributed by atoms with Gasteiger partial charge in [0.05, 0.1) is 10.0 Å². The molecule has 1 aliphatic carbocycles. The Morgan fingerprint density at radius 3 is 2.75 bits per heavy atom. The molecule has 1 aromatic carbocycles. The van der Waals surface area contributed by atoms with Gasteiger partial charge in [-0.25, -0.2) is 0 Å². The molecular weight excluding hydrogens is 289 g/mol. The number of halogens is 2. The number of hydrogen-bond acceptors (Lipinski definition) is 1. The van der Waals surface area contributed by atoms with E-state index in [4.69, 9.17) is 23.2 Å². The third-order valence-corrected chi connectivity index (χ3v) is 5.53. The Bertz CT molecular complexity index is 433. The van der Waals surface area contributed by atoms with Gasteiger partial charge in [0.15, 0.2) is 0 Å². The number of nitrogens with one attached hydrogen (secondary N) is 1. The average Bonchev–Trinajstić information content (AvgIpc) is 2.45. The maximum Gasteiger partial charge on any atom is 0.0624 e. The zero-order valence-corrected chi connectivity index (χ0v) is 14.0. The summed E-state index contributed by atoms with van der Waals surface area (Å²) in [6.07, 6.45) is 7.63. The molecule has 2 rings (SSSR count). The zero-order valence-electron chi connectivity index (χ0n) is 12.5. The van der Waals surface area contributed by atoms with Gasteiger partial charge in [0.2, 0.25) is 0 Å². The van der Waals surface area contributed by atoms with E-state index in [-0.39, 0.29) is 0 Å². The van der Waals surface area contributed by atoms with E-state index in [1.165, 1.54) is 37.7 Å². The maximum atomic E-state index is 6.35. The van der Waals surface area contributed by atoms with Crippen LogP contribution >= 0.6 is 23.2 Å². The summed E-state index contributed by atoms with van der Waals surface area (Å²) in [5.74, 6) is 1.55. The minimum atomic E-state index is 0.609. The first-order chi connectivity index (χ1) is 9.65. The van der Waals surface area contributed by atoms with Crippen LogP contribution in [-0.4, -0.2) is 13.1 Å². The minimum absolute atomic E-state index is 0.609. The first-order valence-electron chi connectivity index (χ1n) is 7.75. The largest absolute Gasteiger partial charge is 0.317 e. The van der Waals surface area contributed by atoms with Crippen molar-refractivity contribution in [2.45, 2.75) is 51.5 Å². The second kappa shape index (κ2) is 7.68. The Morgan fingerprint density at radius 2 is 2.05 bits per heavy atom. The monoisotopic (exact) mass is 313 g/mol. The Balaban J connectivity index is 2.09. The highest BCUT2D eigenvalue weighted by atomic mass is 35.5. The fraction of sp³-hybridized carbons (Fsp3) is 0.647. The lowest BCUT2D eigenvalue weighted by Crippen LogP contribution is -2.39. The van der Waals surface area contributed by atoms with Crippen LogP contribution in [0.4, 0.5) is 0 Å². The van der Waals surface area contributed by atoms with Crippen molar-refractivity contribution in [2.75, 3.05) is 7.05 Å². The lowest BCUT2D eigenvalue weighted by molar-refractivity contribution is 0.200. The van der Waals surface area contributed by atoms with E-state index in [1.807, 2.05) is 12.1 Å². The summed E-state index contributed by atoms with van der Waals surface area (Å²) < 4.78 is 0. The molecule has 0 aliphatic heterocycles. The van der Waals surface area contributed by atoms with Gasteiger partial charge in [0, 0.05) is 6.04 Å². The van der Waals surface area contributed by atoms with Gasteiger partial charge in [0.25, 0.3) is 0 Å². The Hall–Kier alpha value is -0.240. The van der Waals surface area contributed by atoms with Crippen LogP contribution in [0.15, 0.2) is 18.2 Å². The first kappa shape index (κ1) is 16.1. The van der Waals surface area contributed by atoms with Crippen molar-refractivity contribution in [3.8, 4) is 0 Å². The smallest absolute Gasteiger partial charge is 0.0624 e. The number of rotatable bonds is 5. The summed E-state index contributed by atoms with van der Waals surface area (Å²) in [4.78, 5) is 0. The van der Waals surface area contributed by atoms with Crippen molar-refractivity contribution in [2.24, 2.45) is 11.8 Å². The molecule has 0 amide bonds. The quantitative estimate of drug-likeness (QED) is 0.773. The van der Waals surface area contributed by atoms with Gasteiger partial charge in [-0.05, 0) is 56.2 Å². The molecule has 1 aromatic rings. The highest BCUT2D eigenvalue weighted by molar-refractivity contribution is 6.42. The van der Waals surface area contributed by atoms with E-state index in [2.05, 4.69) is 25.4 Å². The molecule has 0 spiro atoms. The molecule has 3 unspecified atom stereocenters. The standard InChI is InChI=1S/C17H25Cl2N/c1-3-5-12-8-9-16(20-2)14(10-12)11-13-6-4-7-15(18)17(13)19/h4,6-7,12,14,16,20H,3,5,8-11H2,1-2H3. The van der Waals surface area contributed by atoms with Crippen LogP contribution in [0.5, 0.6) is 0 Å². The van der Waals surface area contributed by atoms with Crippen molar-refractivity contribution < 1.29 is 0 Å². The fourth-order valence-electron chi connectivity index (χ4n) is 3.63. The van der Waals surface area contributed by atoms with Crippen molar-refractivity contribution >= 4 is 23.2 Å². The van der Waals surface area contributed by atoms with Gasteiger partial charge < -0.3 is 5.32 Å². The van der Waals surface area contributed by atoms with Gasteiger partial charge in [-0.15, -0.1) is 0 Å². The molecule has 1 fully saturated rings. The van der Waals surface area contributed by atoms with Crippen LogP contribution in [0.25, 0.3) is 0 Å². The van der Waals surface area contributed by atoms with E-state index >= 15 is 0 Å². The topological polar surface area (TPSA) is 12.0 Å². The molecule has 0 heterocycles. The highest BCUT2D eigenvalue weighted by Crippen LogP contribution is 2.36. The van der Waals surface area contributed by atoms with Crippen molar-refractivity contribution in [3.63, 3.8) is 0 Å². The lowest BCUT2D eigenvalue weighted by atomic mass is 9.74. The molecule has 20 heavy (non-hydrogen) atoms. The second-order valence-corrected chi connectivity index (χ2v) is 6.83. The van der Waals surface area contributed by atoms with Gasteiger partial charge in [-0.3, -0.25) is 0 Å². The zero-order chi connectivity index (χ0) is 14.5. The molecule has 0 bridgehead atoms. The highest BCUT2D eigenvalue weighted by Gasteiger charge is 2.29. The predicted octanol–water partition coefficient (Wildman–Crippen LogP) is 5.34. The van der Waals surface area contributed by atoms with E-state index in [9.17, 15) is 0 Å². The molecule has 1 N–H and O–H groups in total. The third kappa shape index (κ3) is 3.90. The lowest BCUT2D eigenvalue weighted by Gasteiger charge is -2.36. The molecule has 112 valence electrons. The summed E-state index contributed by atoms with van der Waals surface area (Å²) in [5.41, 5.74) is 1.20. The third-order valence-electron chi connectivity index (χ3n) is 4.67. The van der Waals surface area contributed by atoms with Crippen molar-refractivity contribution in [1.29, 1.82) is 0 Å². The van der Waals surface area contributed by atoms with Gasteiger partial charge in [-0.1, -0.05) is 55.1 Å². The first-order valence-corrected chi connectivity index (χ1v) is 8.51. The molecular formula is C17H25Cl2N. The number of hydrogen-bond donors (Lipinski definition) is 1. The normalized spacial score (nSPS) is 26.7.